The van der Waals surface area contributed by atoms with E-state index in [1.165, 1.54) is 6.07 Å². The first-order valence-corrected chi connectivity index (χ1v) is 10.5. The summed E-state index contributed by atoms with van der Waals surface area (Å²) in [6.45, 7) is 3.72. The van der Waals surface area contributed by atoms with Crippen LogP contribution in [0.25, 0.3) is 33.1 Å². The molecule has 1 heterocycles. The number of aryl methyl sites for hydroxylation is 1. The van der Waals surface area contributed by atoms with Crippen molar-refractivity contribution in [3.8, 4) is 16.9 Å². The topological polar surface area (TPSA) is 22.4 Å². The van der Waals surface area contributed by atoms with Gasteiger partial charge in [0.25, 0.3) is 0 Å². The van der Waals surface area contributed by atoms with Gasteiger partial charge in [-0.05, 0) is 43.0 Å². The molecule has 3 aromatic carbocycles. The van der Waals surface area contributed by atoms with E-state index >= 15 is 4.39 Å². The molecule has 0 radical (unpaired) electrons. The normalized spacial score (nSPS) is 11.6. The van der Waals surface area contributed by atoms with Crippen LogP contribution >= 0.6 is 0 Å². The minimum atomic E-state index is -1.40. The molecule has 0 N–H and O–H groups in total. The number of rotatable bonds is 7. The molecule has 0 aliphatic rings. The fraction of sp³-hybridized carbons (Fsp3) is 0.280. The molecule has 0 spiro atoms. The molecule has 0 aliphatic carbocycles. The molecule has 0 aliphatic heterocycles. The SMILES string of the molecule is CCCCCc1ccc(-c2cc3oc4cc(OCC)c(F)c(F)c4c3c(F)c2F)cc1F. The Morgan fingerprint density at radius 3 is 2.12 bits per heavy atom. The van der Waals surface area contributed by atoms with Gasteiger partial charge in [-0.25, -0.2) is 17.6 Å². The van der Waals surface area contributed by atoms with E-state index in [-0.39, 0.29) is 28.9 Å². The smallest absolute Gasteiger partial charge is 0.201 e. The predicted molar refractivity (Wildman–Crippen MR) is 113 cm³/mol. The van der Waals surface area contributed by atoms with Gasteiger partial charge >= 0.3 is 0 Å². The number of fused-ring (bicyclic) bond motifs is 3. The minimum absolute atomic E-state index is 0.0786. The molecule has 0 amide bonds. The Hall–Kier alpha value is -3.09. The van der Waals surface area contributed by atoms with Crippen LogP contribution in [0.1, 0.15) is 38.7 Å². The third-order valence-corrected chi connectivity index (χ3v) is 5.49. The van der Waals surface area contributed by atoms with Gasteiger partial charge < -0.3 is 9.15 Å². The van der Waals surface area contributed by atoms with Gasteiger partial charge in [0, 0.05) is 11.6 Å². The summed E-state index contributed by atoms with van der Waals surface area (Å²) in [6.07, 6.45) is 3.34. The highest BCUT2D eigenvalue weighted by Gasteiger charge is 2.26. The van der Waals surface area contributed by atoms with Crippen molar-refractivity contribution in [1.29, 1.82) is 0 Å². The van der Waals surface area contributed by atoms with E-state index in [1.54, 1.807) is 13.0 Å². The van der Waals surface area contributed by atoms with E-state index in [0.717, 1.165) is 37.5 Å². The zero-order chi connectivity index (χ0) is 23.0. The summed E-state index contributed by atoms with van der Waals surface area (Å²) in [5.74, 6) is -6.31. The molecule has 4 rings (SSSR count). The van der Waals surface area contributed by atoms with Gasteiger partial charge in [-0.1, -0.05) is 31.9 Å². The number of halogens is 5. The summed E-state index contributed by atoms with van der Waals surface area (Å²) >= 11 is 0. The molecule has 1 aromatic heterocycles. The van der Waals surface area contributed by atoms with Crippen LogP contribution in [0.3, 0.4) is 0 Å². The molecular formula is C25H21F5O2. The Kier molecular flexibility index (Phi) is 6.09. The van der Waals surface area contributed by atoms with Crippen molar-refractivity contribution in [3.05, 3.63) is 65.0 Å². The van der Waals surface area contributed by atoms with Gasteiger partial charge in [-0.2, -0.15) is 4.39 Å². The second-order valence-corrected chi connectivity index (χ2v) is 7.60. The van der Waals surface area contributed by atoms with Crippen molar-refractivity contribution in [2.75, 3.05) is 6.61 Å². The van der Waals surface area contributed by atoms with Crippen molar-refractivity contribution in [3.63, 3.8) is 0 Å². The van der Waals surface area contributed by atoms with Crippen LogP contribution in [0.15, 0.2) is 34.7 Å². The summed E-state index contributed by atoms with van der Waals surface area (Å²) < 4.78 is 84.0. The molecule has 2 nitrogen and oxygen atoms in total. The lowest BCUT2D eigenvalue weighted by Crippen LogP contribution is -1.98. The van der Waals surface area contributed by atoms with Crippen LogP contribution in [0, 0.1) is 29.1 Å². The van der Waals surface area contributed by atoms with Crippen molar-refractivity contribution in [2.45, 2.75) is 39.5 Å². The zero-order valence-corrected chi connectivity index (χ0v) is 17.6. The van der Waals surface area contributed by atoms with Crippen LogP contribution in [-0.4, -0.2) is 6.61 Å². The van der Waals surface area contributed by atoms with Crippen LogP contribution in [0.4, 0.5) is 22.0 Å². The van der Waals surface area contributed by atoms with E-state index in [1.807, 2.05) is 6.92 Å². The minimum Gasteiger partial charge on any atom is -0.491 e. The van der Waals surface area contributed by atoms with E-state index < -0.39 is 45.6 Å². The van der Waals surface area contributed by atoms with Gasteiger partial charge in [-0.15, -0.1) is 0 Å². The Labute approximate surface area is 181 Å². The van der Waals surface area contributed by atoms with Crippen molar-refractivity contribution in [1.82, 2.24) is 0 Å². The molecule has 4 aromatic rings. The number of unbranched alkanes of at least 4 members (excludes halogenated alkanes) is 2. The van der Waals surface area contributed by atoms with E-state index in [2.05, 4.69) is 0 Å². The summed E-state index contributed by atoms with van der Waals surface area (Å²) in [7, 11) is 0. The number of furan rings is 1. The Morgan fingerprint density at radius 2 is 1.47 bits per heavy atom. The molecular weight excluding hydrogens is 427 g/mol. The lowest BCUT2D eigenvalue weighted by atomic mass is 9.98. The van der Waals surface area contributed by atoms with Crippen molar-refractivity contribution < 1.29 is 31.1 Å². The number of benzene rings is 3. The first-order chi connectivity index (χ1) is 15.4. The molecule has 0 unspecified atom stereocenters. The average Bonchev–Trinajstić information content (AvgIpc) is 3.14. The number of ether oxygens (including phenoxy) is 1. The highest BCUT2D eigenvalue weighted by molar-refractivity contribution is 6.07. The van der Waals surface area contributed by atoms with Gasteiger partial charge in [-0.3, -0.25) is 0 Å². The maximum absolute atomic E-state index is 15.0. The lowest BCUT2D eigenvalue weighted by molar-refractivity contribution is 0.315. The molecule has 0 fully saturated rings. The quantitative estimate of drug-likeness (QED) is 0.211. The standard InChI is InChI=1S/C25H21F5O2/c1-3-5-6-7-13-8-9-14(10-16(13)26)15-11-17-20(24(29)22(15)27)21-18(32-17)12-19(31-4-2)23(28)25(21)30/h8-12H,3-7H2,1-2H3. The molecule has 0 bridgehead atoms. The monoisotopic (exact) mass is 448 g/mol. The van der Waals surface area contributed by atoms with Crippen LogP contribution < -0.4 is 4.74 Å². The number of hydrogen-bond acceptors (Lipinski definition) is 2. The average molecular weight is 448 g/mol. The van der Waals surface area contributed by atoms with Gasteiger partial charge in [0.05, 0.1) is 17.4 Å². The Bertz CT molecular complexity index is 1310. The van der Waals surface area contributed by atoms with Crippen LogP contribution in [-0.2, 0) is 6.42 Å². The molecule has 0 saturated carbocycles. The molecule has 7 heteroatoms. The van der Waals surface area contributed by atoms with Crippen molar-refractivity contribution >= 4 is 21.9 Å². The zero-order valence-electron chi connectivity index (χ0n) is 17.6. The molecule has 0 saturated heterocycles. The maximum atomic E-state index is 15.0. The Morgan fingerprint density at radius 1 is 0.781 bits per heavy atom. The summed E-state index contributed by atoms with van der Waals surface area (Å²) in [5.41, 5.74) is -0.00133. The fourth-order valence-electron chi connectivity index (χ4n) is 3.88. The summed E-state index contributed by atoms with van der Waals surface area (Å²) in [4.78, 5) is 0. The first-order valence-electron chi connectivity index (χ1n) is 10.5. The van der Waals surface area contributed by atoms with Crippen molar-refractivity contribution in [2.24, 2.45) is 0 Å². The van der Waals surface area contributed by atoms with Gasteiger partial charge in [0.2, 0.25) is 5.82 Å². The molecule has 168 valence electrons. The second kappa shape index (κ2) is 8.81. The number of hydrogen-bond donors (Lipinski definition) is 0. The van der Waals surface area contributed by atoms with E-state index in [9.17, 15) is 17.6 Å². The first kappa shape index (κ1) is 22.1. The molecule has 0 atom stereocenters. The third-order valence-electron chi connectivity index (χ3n) is 5.49. The largest absolute Gasteiger partial charge is 0.491 e. The van der Waals surface area contributed by atoms with Crippen LogP contribution in [0.5, 0.6) is 5.75 Å². The second-order valence-electron chi connectivity index (χ2n) is 7.60. The third kappa shape index (κ3) is 3.70. The van der Waals surface area contributed by atoms with Gasteiger partial charge in [0.15, 0.2) is 23.2 Å². The highest BCUT2D eigenvalue weighted by Crippen LogP contribution is 2.40. The van der Waals surface area contributed by atoms with E-state index in [0.29, 0.717) is 12.0 Å². The fourth-order valence-corrected chi connectivity index (χ4v) is 3.88. The summed E-state index contributed by atoms with van der Waals surface area (Å²) in [5, 5.41) is -1.03. The lowest BCUT2D eigenvalue weighted by Gasteiger charge is -2.09. The maximum Gasteiger partial charge on any atom is 0.201 e. The van der Waals surface area contributed by atoms with Crippen LogP contribution in [0.2, 0.25) is 0 Å². The predicted octanol–water partition coefficient (Wildman–Crippen LogP) is 8.08. The van der Waals surface area contributed by atoms with E-state index in [4.69, 9.17) is 9.15 Å². The molecule has 32 heavy (non-hydrogen) atoms. The van der Waals surface area contributed by atoms with Gasteiger partial charge in [0.1, 0.15) is 17.0 Å². The highest BCUT2D eigenvalue weighted by atomic mass is 19.2. The summed E-state index contributed by atoms with van der Waals surface area (Å²) in [6, 6.07) is 6.45. The Balaban J connectivity index is 1.86.